The van der Waals surface area contributed by atoms with Crippen molar-refractivity contribution in [3.05, 3.63) is 70.7 Å². The number of para-hydroxylation sites is 1. The van der Waals surface area contributed by atoms with Crippen molar-refractivity contribution in [1.29, 1.82) is 0 Å². The third-order valence-corrected chi connectivity index (χ3v) is 5.51. The first-order valence-electron chi connectivity index (χ1n) is 8.29. The lowest BCUT2D eigenvalue weighted by Crippen LogP contribution is -2.27. The average Bonchev–Trinajstić information content (AvgIpc) is 3.09. The van der Waals surface area contributed by atoms with Gasteiger partial charge in [-0.25, -0.2) is 4.39 Å². The summed E-state index contributed by atoms with van der Waals surface area (Å²) in [7, 11) is 2.20. The van der Waals surface area contributed by atoms with Crippen LogP contribution in [0.1, 0.15) is 28.3 Å². The van der Waals surface area contributed by atoms with E-state index in [1.165, 1.54) is 33.3 Å². The molecule has 23 heavy (non-hydrogen) atoms. The Kier molecular flexibility index (Phi) is 2.71. The molecule has 0 saturated carbocycles. The number of fused-ring (bicyclic) bond motifs is 3. The molecule has 0 fully saturated rings. The molecule has 0 amide bonds. The fourth-order valence-corrected chi connectivity index (χ4v) is 4.41. The summed E-state index contributed by atoms with van der Waals surface area (Å²) in [6.07, 6.45) is 1.12. The molecule has 1 unspecified atom stereocenters. The van der Waals surface area contributed by atoms with Crippen LogP contribution in [0.4, 0.5) is 4.39 Å². The van der Waals surface area contributed by atoms with E-state index in [1.807, 2.05) is 12.1 Å². The van der Waals surface area contributed by atoms with Gasteiger partial charge in [0.05, 0.1) is 5.52 Å². The SMILES string of the molecule is CN1CCc2c(c3cccc4c3n2CC4c2ccc(F)cc2)C1. The number of halogens is 1. The molecule has 1 aromatic heterocycles. The van der Waals surface area contributed by atoms with Gasteiger partial charge in [-0.05, 0) is 35.9 Å². The van der Waals surface area contributed by atoms with Gasteiger partial charge in [0.25, 0.3) is 0 Å². The molecule has 116 valence electrons. The monoisotopic (exact) mass is 306 g/mol. The second-order valence-corrected chi connectivity index (χ2v) is 6.87. The van der Waals surface area contributed by atoms with Crippen molar-refractivity contribution in [2.24, 2.45) is 0 Å². The second kappa shape index (κ2) is 4.68. The molecule has 2 aromatic carbocycles. The molecule has 3 aromatic rings. The van der Waals surface area contributed by atoms with Gasteiger partial charge in [0.2, 0.25) is 0 Å². The molecule has 1 atom stereocenters. The number of nitrogens with zero attached hydrogens (tertiary/aromatic N) is 2. The largest absolute Gasteiger partial charge is 0.343 e. The Hall–Kier alpha value is -2.13. The summed E-state index contributed by atoms with van der Waals surface area (Å²) < 4.78 is 15.8. The summed E-state index contributed by atoms with van der Waals surface area (Å²) in [6.45, 7) is 3.16. The summed E-state index contributed by atoms with van der Waals surface area (Å²) in [5, 5.41) is 1.41. The topological polar surface area (TPSA) is 8.17 Å². The predicted octanol–water partition coefficient (Wildman–Crippen LogP) is 3.91. The molecule has 3 heteroatoms. The molecule has 0 radical (unpaired) electrons. The fraction of sp³-hybridized carbons (Fsp3) is 0.300. The van der Waals surface area contributed by atoms with Gasteiger partial charge in [-0.2, -0.15) is 0 Å². The molecular formula is C20H19FN2. The molecule has 0 spiro atoms. The molecular weight excluding hydrogens is 287 g/mol. The van der Waals surface area contributed by atoms with Crippen LogP contribution in [0, 0.1) is 5.82 Å². The van der Waals surface area contributed by atoms with E-state index < -0.39 is 0 Å². The molecule has 0 aliphatic carbocycles. The highest BCUT2D eigenvalue weighted by atomic mass is 19.1. The Morgan fingerprint density at radius 3 is 2.74 bits per heavy atom. The number of benzene rings is 2. The van der Waals surface area contributed by atoms with Crippen LogP contribution in [-0.2, 0) is 19.5 Å². The zero-order chi connectivity index (χ0) is 15.6. The number of hydrogen-bond acceptors (Lipinski definition) is 1. The minimum absolute atomic E-state index is 0.162. The second-order valence-electron chi connectivity index (χ2n) is 6.87. The lowest BCUT2D eigenvalue weighted by Gasteiger charge is -2.25. The standard InChI is InChI=1S/C20H19FN2/c1-22-10-9-19-18(11-22)16-4-2-3-15-17(12-23(19)20(15)16)13-5-7-14(21)8-6-13/h2-8,17H,9-12H2,1H3. The minimum atomic E-state index is -0.162. The normalized spacial score (nSPS) is 20.2. The van der Waals surface area contributed by atoms with Crippen molar-refractivity contribution in [3.8, 4) is 0 Å². The smallest absolute Gasteiger partial charge is 0.123 e. The van der Waals surface area contributed by atoms with Crippen molar-refractivity contribution in [1.82, 2.24) is 9.47 Å². The van der Waals surface area contributed by atoms with Crippen molar-refractivity contribution >= 4 is 10.9 Å². The fourth-order valence-electron chi connectivity index (χ4n) is 4.41. The lowest BCUT2D eigenvalue weighted by molar-refractivity contribution is 0.309. The van der Waals surface area contributed by atoms with Crippen molar-refractivity contribution in [3.63, 3.8) is 0 Å². The van der Waals surface area contributed by atoms with Crippen LogP contribution in [0.5, 0.6) is 0 Å². The average molecular weight is 306 g/mol. The predicted molar refractivity (Wildman–Crippen MR) is 90.2 cm³/mol. The van der Waals surface area contributed by atoms with E-state index in [9.17, 15) is 4.39 Å². The highest BCUT2D eigenvalue weighted by Crippen LogP contribution is 2.43. The maximum absolute atomic E-state index is 13.3. The summed E-state index contributed by atoms with van der Waals surface area (Å²) in [4.78, 5) is 2.40. The molecule has 0 saturated heterocycles. The molecule has 2 nitrogen and oxygen atoms in total. The van der Waals surface area contributed by atoms with Crippen molar-refractivity contribution in [2.75, 3.05) is 13.6 Å². The molecule has 0 N–H and O–H groups in total. The molecule has 2 aliphatic rings. The van der Waals surface area contributed by atoms with E-state index in [0.717, 1.165) is 26.1 Å². The number of hydrogen-bond donors (Lipinski definition) is 0. The first-order chi connectivity index (χ1) is 11.2. The van der Waals surface area contributed by atoms with Crippen LogP contribution >= 0.6 is 0 Å². The number of rotatable bonds is 1. The van der Waals surface area contributed by atoms with Crippen LogP contribution < -0.4 is 0 Å². The van der Waals surface area contributed by atoms with Gasteiger partial charge in [0.15, 0.2) is 0 Å². The van der Waals surface area contributed by atoms with Crippen molar-refractivity contribution in [2.45, 2.75) is 25.4 Å². The van der Waals surface area contributed by atoms with Gasteiger partial charge in [-0.15, -0.1) is 0 Å². The van der Waals surface area contributed by atoms with Gasteiger partial charge in [-0.1, -0.05) is 30.3 Å². The van der Waals surface area contributed by atoms with E-state index in [4.69, 9.17) is 0 Å². The Morgan fingerprint density at radius 2 is 1.91 bits per heavy atom. The van der Waals surface area contributed by atoms with Gasteiger partial charge in [-0.3, -0.25) is 0 Å². The van der Waals surface area contributed by atoms with Gasteiger partial charge in [0, 0.05) is 43.1 Å². The van der Waals surface area contributed by atoms with E-state index in [2.05, 4.69) is 34.7 Å². The highest BCUT2D eigenvalue weighted by Gasteiger charge is 2.32. The van der Waals surface area contributed by atoms with Gasteiger partial charge >= 0.3 is 0 Å². The third kappa shape index (κ3) is 1.83. The van der Waals surface area contributed by atoms with Crippen LogP contribution in [0.3, 0.4) is 0 Å². The first-order valence-corrected chi connectivity index (χ1v) is 8.29. The summed E-state index contributed by atoms with van der Waals surface area (Å²) in [5.41, 5.74) is 7.03. The van der Waals surface area contributed by atoms with Crippen LogP contribution in [0.15, 0.2) is 42.5 Å². The zero-order valence-electron chi connectivity index (χ0n) is 13.2. The minimum Gasteiger partial charge on any atom is -0.343 e. The van der Waals surface area contributed by atoms with E-state index in [1.54, 1.807) is 12.1 Å². The molecule has 2 aliphatic heterocycles. The Balaban J connectivity index is 1.70. The molecule has 5 rings (SSSR count). The molecule has 0 bridgehead atoms. The summed E-state index contributed by atoms with van der Waals surface area (Å²) >= 11 is 0. The van der Waals surface area contributed by atoms with Crippen molar-refractivity contribution < 1.29 is 4.39 Å². The van der Waals surface area contributed by atoms with Crippen LogP contribution in [-0.4, -0.2) is 23.1 Å². The van der Waals surface area contributed by atoms with E-state index >= 15 is 0 Å². The Labute approximate surface area is 135 Å². The third-order valence-electron chi connectivity index (χ3n) is 5.51. The molecule has 3 heterocycles. The first kappa shape index (κ1) is 13.3. The Morgan fingerprint density at radius 1 is 1.09 bits per heavy atom. The van der Waals surface area contributed by atoms with Crippen LogP contribution in [0.25, 0.3) is 10.9 Å². The van der Waals surface area contributed by atoms with Gasteiger partial charge < -0.3 is 9.47 Å². The van der Waals surface area contributed by atoms with Crippen LogP contribution in [0.2, 0.25) is 0 Å². The number of likely N-dealkylation sites (N-methyl/N-ethyl adjacent to an activating group) is 1. The maximum Gasteiger partial charge on any atom is 0.123 e. The zero-order valence-corrected chi connectivity index (χ0v) is 13.2. The summed E-state index contributed by atoms with van der Waals surface area (Å²) in [5.74, 6) is 0.184. The van der Waals surface area contributed by atoms with Gasteiger partial charge in [0.1, 0.15) is 5.82 Å². The van der Waals surface area contributed by atoms with E-state index in [0.29, 0.717) is 5.92 Å². The Bertz CT molecular complexity index is 908. The lowest BCUT2D eigenvalue weighted by atomic mass is 9.91. The maximum atomic E-state index is 13.3. The summed E-state index contributed by atoms with van der Waals surface area (Å²) in [6, 6.07) is 13.7. The van der Waals surface area contributed by atoms with E-state index in [-0.39, 0.29) is 5.82 Å². The number of aromatic nitrogens is 1. The highest BCUT2D eigenvalue weighted by molar-refractivity contribution is 5.90. The quantitative estimate of drug-likeness (QED) is 0.661.